The van der Waals surface area contributed by atoms with Crippen LogP contribution < -0.4 is 15.5 Å². The summed E-state index contributed by atoms with van der Waals surface area (Å²) < 4.78 is 4.82. The van der Waals surface area contributed by atoms with Gasteiger partial charge in [0, 0.05) is 50.2 Å². The molecule has 3 aromatic carbocycles. The molecule has 0 saturated carbocycles. The van der Waals surface area contributed by atoms with E-state index in [1.807, 2.05) is 54.6 Å². The van der Waals surface area contributed by atoms with Crippen molar-refractivity contribution in [1.82, 2.24) is 9.80 Å². The number of nitrogens with one attached hydrogen (secondary N) is 2. The Morgan fingerprint density at radius 3 is 2.02 bits per heavy atom. The third-order valence-electron chi connectivity index (χ3n) is 8.64. The average Bonchev–Trinajstić information content (AvgIpc) is 3.45. The van der Waals surface area contributed by atoms with Gasteiger partial charge in [-0.3, -0.25) is 24.1 Å². The van der Waals surface area contributed by atoms with Gasteiger partial charge in [-0.1, -0.05) is 36.4 Å². The number of anilines is 3. The number of amides is 2. The average molecular weight is 732 g/mol. The molecule has 1 fully saturated rings. The summed E-state index contributed by atoms with van der Waals surface area (Å²) in [6.07, 6.45) is -2.29. The summed E-state index contributed by atoms with van der Waals surface area (Å²) in [6.45, 7) is 4.09. The number of carboxylic acids is 3. The monoisotopic (exact) mass is 731 g/mol. The maximum atomic E-state index is 13.2. The summed E-state index contributed by atoms with van der Waals surface area (Å²) in [4.78, 5) is 74.8. The van der Waals surface area contributed by atoms with Gasteiger partial charge in [0.25, 0.3) is 5.91 Å². The zero-order chi connectivity index (χ0) is 38.9. The van der Waals surface area contributed by atoms with Crippen LogP contribution in [0.2, 0.25) is 0 Å². The van der Waals surface area contributed by atoms with Crippen LogP contribution in [-0.2, 0) is 28.7 Å². The fourth-order valence-corrected chi connectivity index (χ4v) is 5.62. The van der Waals surface area contributed by atoms with E-state index in [0.29, 0.717) is 34.6 Å². The number of esters is 1. The zero-order valence-electron chi connectivity index (χ0n) is 29.4. The number of aliphatic hydroxyl groups is 1. The highest BCUT2D eigenvalue weighted by atomic mass is 16.5. The molecule has 1 saturated heterocycles. The summed E-state index contributed by atoms with van der Waals surface area (Å²) in [7, 11) is 5.21. The van der Waals surface area contributed by atoms with Gasteiger partial charge in [0.15, 0.2) is 5.60 Å². The van der Waals surface area contributed by atoms with Gasteiger partial charge in [0.05, 0.1) is 49.0 Å². The Hall–Kier alpha value is -6.10. The number of piperazine rings is 1. The number of nitrogens with zero attached hydrogens (tertiary/aromatic N) is 3. The lowest BCUT2D eigenvalue weighted by Crippen LogP contribution is -2.48. The van der Waals surface area contributed by atoms with Crippen LogP contribution in [0.1, 0.15) is 34.3 Å². The fraction of sp³-hybridized carbons (Fsp3) is 0.297. The molecule has 2 aliphatic heterocycles. The fourth-order valence-electron chi connectivity index (χ4n) is 5.62. The van der Waals surface area contributed by atoms with Crippen LogP contribution in [0, 0.1) is 0 Å². The van der Waals surface area contributed by atoms with Crippen molar-refractivity contribution in [2.75, 3.05) is 69.5 Å². The molecule has 0 aliphatic carbocycles. The van der Waals surface area contributed by atoms with Crippen molar-refractivity contribution in [3.8, 4) is 0 Å². The van der Waals surface area contributed by atoms with E-state index >= 15 is 0 Å². The largest absolute Gasteiger partial charge is 0.481 e. The Morgan fingerprint density at radius 1 is 0.868 bits per heavy atom. The van der Waals surface area contributed by atoms with Crippen LogP contribution in [0.3, 0.4) is 0 Å². The standard InChI is InChI=1S/C31H33N5O4.C6H8O7/c1-34-15-17-36(18-16-34)20-27(37)35(2)24-12-10-23(11-13-24)32-29(21-7-5-4-6-8-21)28-25-14-9-22(31(39)40-3)19-26(25)33-30(28)38;7-3(8)1-6(13,5(11)12)2-4(9)10/h4-14,19,32H,15-18,20H2,1-3H3,(H,33,38);13H,1-2H2,(H,7,8)(H,9,10)(H,11,12). The zero-order valence-corrected chi connectivity index (χ0v) is 29.4. The van der Waals surface area contributed by atoms with Crippen molar-refractivity contribution in [2.45, 2.75) is 18.4 Å². The number of fused-ring (bicyclic) bond motifs is 1. The minimum Gasteiger partial charge on any atom is -0.481 e. The Labute approximate surface area is 304 Å². The number of carbonyl (C=O) groups is 6. The van der Waals surface area contributed by atoms with Gasteiger partial charge in [0.1, 0.15) is 0 Å². The van der Waals surface area contributed by atoms with Gasteiger partial charge in [0.2, 0.25) is 5.91 Å². The van der Waals surface area contributed by atoms with Crippen LogP contribution in [0.15, 0.2) is 72.8 Å². The topological polar surface area (TPSA) is 226 Å². The van der Waals surface area contributed by atoms with Gasteiger partial charge >= 0.3 is 23.9 Å². The molecule has 3 aromatic rings. The number of rotatable bonds is 12. The second-order valence-corrected chi connectivity index (χ2v) is 12.5. The molecule has 16 nitrogen and oxygen atoms in total. The van der Waals surface area contributed by atoms with Crippen molar-refractivity contribution in [3.63, 3.8) is 0 Å². The maximum absolute atomic E-state index is 13.2. The number of benzene rings is 3. The quantitative estimate of drug-likeness (QED) is 0.116. The van der Waals surface area contributed by atoms with E-state index in [-0.39, 0.29) is 11.8 Å². The Bertz CT molecular complexity index is 1870. The predicted molar refractivity (Wildman–Crippen MR) is 194 cm³/mol. The molecule has 0 aromatic heterocycles. The molecule has 6 N–H and O–H groups in total. The third-order valence-corrected chi connectivity index (χ3v) is 8.64. The minimum absolute atomic E-state index is 0.0444. The summed E-state index contributed by atoms with van der Waals surface area (Å²) in [6, 6.07) is 22.2. The highest BCUT2D eigenvalue weighted by molar-refractivity contribution is 6.37. The third kappa shape index (κ3) is 10.2. The molecule has 2 aliphatic rings. The molecular weight excluding hydrogens is 690 g/mol. The predicted octanol–water partition coefficient (Wildman–Crippen LogP) is 2.37. The van der Waals surface area contributed by atoms with Gasteiger partial charge in [-0.05, 0) is 49.0 Å². The van der Waals surface area contributed by atoms with Crippen molar-refractivity contribution in [3.05, 3.63) is 89.5 Å². The molecule has 16 heteroatoms. The molecule has 0 bridgehead atoms. The molecule has 0 unspecified atom stereocenters. The first kappa shape index (κ1) is 39.7. The highest BCUT2D eigenvalue weighted by Gasteiger charge is 2.40. The number of carboxylic acid groups (broad SMARTS) is 3. The Morgan fingerprint density at radius 2 is 1.47 bits per heavy atom. The summed E-state index contributed by atoms with van der Waals surface area (Å²) in [5.41, 5.74) is 2.36. The number of aliphatic carboxylic acids is 3. The highest BCUT2D eigenvalue weighted by Crippen LogP contribution is 2.38. The number of carbonyl (C=O) groups excluding carboxylic acids is 3. The van der Waals surface area contributed by atoms with E-state index in [2.05, 4.69) is 27.5 Å². The van der Waals surface area contributed by atoms with Crippen LogP contribution in [0.5, 0.6) is 0 Å². The van der Waals surface area contributed by atoms with E-state index < -0.39 is 42.3 Å². The van der Waals surface area contributed by atoms with E-state index in [1.54, 1.807) is 30.1 Å². The molecule has 0 atom stereocenters. The lowest BCUT2D eigenvalue weighted by Gasteiger charge is -2.32. The molecule has 0 spiro atoms. The lowest BCUT2D eigenvalue weighted by molar-refractivity contribution is -0.170. The van der Waals surface area contributed by atoms with Gasteiger partial charge in [-0.2, -0.15) is 0 Å². The summed E-state index contributed by atoms with van der Waals surface area (Å²) in [5.74, 6) is -5.71. The Kier molecular flexibility index (Phi) is 13.0. The first-order valence-electron chi connectivity index (χ1n) is 16.4. The van der Waals surface area contributed by atoms with Crippen LogP contribution >= 0.6 is 0 Å². The first-order chi connectivity index (χ1) is 25.1. The number of likely N-dealkylation sites (N-methyl/N-ethyl adjacent to an activating group) is 2. The van der Waals surface area contributed by atoms with Crippen LogP contribution in [-0.4, -0.2) is 125 Å². The summed E-state index contributed by atoms with van der Waals surface area (Å²) in [5, 5.41) is 40.1. The number of ether oxygens (including phenoxy) is 1. The number of methoxy groups -OCH3 is 1. The van der Waals surface area contributed by atoms with Crippen molar-refractivity contribution >= 4 is 64.0 Å². The van der Waals surface area contributed by atoms with Gasteiger partial charge < -0.3 is 45.6 Å². The SMILES string of the molecule is COC(=O)c1ccc2c(c1)NC(=O)C2=C(Nc1ccc(N(C)C(=O)CN2CCN(C)CC2)cc1)c1ccccc1.O=C(O)CC(O)(CC(=O)O)C(=O)O. The number of hydrogen-bond donors (Lipinski definition) is 6. The molecule has 53 heavy (non-hydrogen) atoms. The molecule has 0 radical (unpaired) electrons. The second-order valence-electron chi connectivity index (χ2n) is 12.5. The molecule has 2 amide bonds. The van der Waals surface area contributed by atoms with Crippen LogP contribution in [0.4, 0.5) is 17.1 Å². The van der Waals surface area contributed by atoms with Crippen molar-refractivity contribution in [2.24, 2.45) is 0 Å². The molecular formula is C37H41N5O11. The molecule has 5 rings (SSSR count). The minimum atomic E-state index is -2.74. The van der Waals surface area contributed by atoms with E-state index in [0.717, 1.165) is 43.1 Å². The lowest BCUT2D eigenvalue weighted by atomic mass is 9.96. The van der Waals surface area contributed by atoms with E-state index in [4.69, 9.17) is 25.2 Å². The van der Waals surface area contributed by atoms with Gasteiger partial charge in [-0.25, -0.2) is 9.59 Å². The van der Waals surface area contributed by atoms with E-state index in [9.17, 15) is 28.8 Å². The second kappa shape index (κ2) is 17.4. The summed E-state index contributed by atoms with van der Waals surface area (Å²) >= 11 is 0. The smallest absolute Gasteiger partial charge is 0.337 e. The van der Waals surface area contributed by atoms with Crippen molar-refractivity contribution in [1.29, 1.82) is 0 Å². The van der Waals surface area contributed by atoms with Crippen molar-refractivity contribution < 1.29 is 53.9 Å². The van der Waals surface area contributed by atoms with E-state index in [1.165, 1.54) is 7.11 Å². The Balaban J connectivity index is 0.000000413. The van der Waals surface area contributed by atoms with Gasteiger partial charge in [-0.15, -0.1) is 0 Å². The first-order valence-corrected chi connectivity index (χ1v) is 16.4. The maximum Gasteiger partial charge on any atom is 0.337 e. The molecule has 280 valence electrons. The van der Waals surface area contributed by atoms with Crippen LogP contribution in [0.25, 0.3) is 11.3 Å². The normalized spacial score (nSPS) is 15.2. The number of hydrogen-bond acceptors (Lipinski definition) is 11. The molecule has 2 heterocycles.